The van der Waals surface area contributed by atoms with Gasteiger partial charge < -0.3 is 15.2 Å². The monoisotopic (exact) mass is 314 g/mol. The molecule has 1 saturated carbocycles. The highest BCUT2D eigenvalue weighted by molar-refractivity contribution is 6.32. The molecule has 1 aliphatic carbocycles. The third-order valence-corrected chi connectivity index (χ3v) is 3.40. The standard InChI is InChI=1S/C13H15ClN2O5/c14-10-7-9(16(19)20)3-4-12(10)21-6-5-11(13(17)18)15-8-1-2-8/h3-4,7-8,11,15H,1-2,5-6H2,(H,17,18). The van der Waals surface area contributed by atoms with Gasteiger partial charge >= 0.3 is 5.97 Å². The number of nitro benzene ring substituents is 1. The van der Waals surface area contributed by atoms with Gasteiger partial charge in [0.25, 0.3) is 5.69 Å². The summed E-state index contributed by atoms with van der Waals surface area (Å²) in [4.78, 5) is 21.1. The largest absolute Gasteiger partial charge is 0.492 e. The molecule has 0 spiro atoms. The maximum absolute atomic E-state index is 11.1. The number of halogens is 1. The molecule has 114 valence electrons. The quantitative estimate of drug-likeness (QED) is 0.563. The summed E-state index contributed by atoms with van der Waals surface area (Å²) in [5.41, 5.74) is -0.119. The lowest BCUT2D eigenvalue weighted by Gasteiger charge is -2.14. The van der Waals surface area contributed by atoms with E-state index in [0.29, 0.717) is 12.2 Å². The van der Waals surface area contributed by atoms with Crippen molar-refractivity contribution >= 4 is 23.3 Å². The van der Waals surface area contributed by atoms with E-state index in [0.717, 1.165) is 12.8 Å². The number of carboxylic acids is 1. The van der Waals surface area contributed by atoms with Gasteiger partial charge in [0, 0.05) is 24.6 Å². The number of benzene rings is 1. The Morgan fingerprint density at radius 1 is 1.57 bits per heavy atom. The molecule has 8 heteroatoms. The number of nitrogens with one attached hydrogen (secondary N) is 1. The van der Waals surface area contributed by atoms with Gasteiger partial charge in [-0.05, 0) is 18.9 Å². The second kappa shape index (κ2) is 6.73. The fourth-order valence-electron chi connectivity index (χ4n) is 1.82. The molecule has 0 heterocycles. The minimum absolute atomic E-state index is 0.119. The molecule has 2 N–H and O–H groups in total. The molecule has 0 bridgehead atoms. The molecule has 21 heavy (non-hydrogen) atoms. The number of hydrogen-bond donors (Lipinski definition) is 2. The fraction of sp³-hybridized carbons (Fsp3) is 0.462. The number of carboxylic acid groups (broad SMARTS) is 1. The van der Waals surface area contributed by atoms with E-state index >= 15 is 0 Å². The summed E-state index contributed by atoms with van der Waals surface area (Å²) in [7, 11) is 0. The number of carbonyl (C=O) groups is 1. The van der Waals surface area contributed by atoms with Gasteiger partial charge in [0.05, 0.1) is 16.6 Å². The topological polar surface area (TPSA) is 102 Å². The van der Waals surface area contributed by atoms with Crippen LogP contribution in [0.2, 0.25) is 5.02 Å². The number of aliphatic carboxylic acids is 1. The lowest BCUT2D eigenvalue weighted by atomic mass is 10.2. The molecule has 1 aliphatic rings. The van der Waals surface area contributed by atoms with E-state index in [2.05, 4.69) is 5.32 Å². The van der Waals surface area contributed by atoms with Crippen molar-refractivity contribution in [2.24, 2.45) is 0 Å². The van der Waals surface area contributed by atoms with Crippen LogP contribution in [0.3, 0.4) is 0 Å². The molecule has 1 atom stereocenters. The van der Waals surface area contributed by atoms with Crippen molar-refractivity contribution in [3.05, 3.63) is 33.3 Å². The fourth-order valence-corrected chi connectivity index (χ4v) is 2.05. The van der Waals surface area contributed by atoms with Crippen LogP contribution in [0.5, 0.6) is 5.75 Å². The van der Waals surface area contributed by atoms with E-state index in [9.17, 15) is 14.9 Å². The Hall–Kier alpha value is -1.86. The van der Waals surface area contributed by atoms with Crippen molar-refractivity contribution in [1.29, 1.82) is 0 Å². The van der Waals surface area contributed by atoms with Crippen LogP contribution in [0.4, 0.5) is 5.69 Å². The summed E-state index contributed by atoms with van der Waals surface area (Å²) in [6.07, 6.45) is 2.29. The lowest BCUT2D eigenvalue weighted by Crippen LogP contribution is -2.39. The first-order chi connectivity index (χ1) is 9.97. The summed E-state index contributed by atoms with van der Waals surface area (Å²) in [5.74, 6) is -0.613. The molecular weight excluding hydrogens is 300 g/mol. The van der Waals surface area contributed by atoms with Crippen LogP contribution >= 0.6 is 11.6 Å². The van der Waals surface area contributed by atoms with Gasteiger partial charge in [0.1, 0.15) is 11.8 Å². The third kappa shape index (κ3) is 4.57. The van der Waals surface area contributed by atoms with Crippen LogP contribution < -0.4 is 10.1 Å². The Morgan fingerprint density at radius 2 is 2.29 bits per heavy atom. The molecule has 7 nitrogen and oxygen atoms in total. The second-order valence-electron chi connectivity index (χ2n) is 4.84. The Kier molecular flexibility index (Phi) is 4.98. The van der Waals surface area contributed by atoms with Crippen molar-refractivity contribution in [3.8, 4) is 5.75 Å². The Labute approximate surface area is 126 Å². The molecular formula is C13H15ClN2O5. The Morgan fingerprint density at radius 3 is 2.81 bits per heavy atom. The highest BCUT2D eigenvalue weighted by Gasteiger charge is 2.28. The number of rotatable bonds is 8. The summed E-state index contributed by atoms with van der Waals surface area (Å²) in [5, 5.41) is 22.8. The average Bonchev–Trinajstić information content (AvgIpc) is 3.22. The molecule has 0 aliphatic heterocycles. The van der Waals surface area contributed by atoms with Gasteiger partial charge in [-0.2, -0.15) is 0 Å². The van der Waals surface area contributed by atoms with Crippen LogP contribution in [0.15, 0.2) is 18.2 Å². The summed E-state index contributed by atoms with van der Waals surface area (Å²) >= 11 is 5.88. The van der Waals surface area contributed by atoms with Gasteiger partial charge in [-0.3, -0.25) is 14.9 Å². The summed E-state index contributed by atoms with van der Waals surface area (Å²) in [6, 6.07) is 3.53. The predicted octanol–water partition coefficient (Wildman–Crippen LogP) is 2.22. The minimum Gasteiger partial charge on any atom is -0.492 e. The highest BCUT2D eigenvalue weighted by atomic mass is 35.5. The van der Waals surface area contributed by atoms with Gasteiger partial charge in [-0.25, -0.2) is 0 Å². The minimum atomic E-state index is -0.916. The van der Waals surface area contributed by atoms with Gasteiger partial charge in [-0.1, -0.05) is 11.6 Å². The first-order valence-electron chi connectivity index (χ1n) is 6.53. The normalized spacial score (nSPS) is 15.5. The molecule has 1 unspecified atom stereocenters. The van der Waals surface area contributed by atoms with Crippen molar-refractivity contribution in [3.63, 3.8) is 0 Å². The zero-order valence-corrected chi connectivity index (χ0v) is 11.9. The summed E-state index contributed by atoms with van der Waals surface area (Å²) < 4.78 is 5.40. The van der Waals surface area contributed by atoms with Crippen LogP contribution in [-0.4, -0.2) is 34.7 Å². The van der Waals surface area contributed by atoms with Crippen molar-refractivity contribution in [1.82, 2.24) is 5.32 Å². The molecule has 0 aromatic heterocycles. The molecule has 0 saturated heterocycles. The molecule has 0 radical (unpaired) electrons. The SMILES string of the molecule is O=C(O)C(CCOc1ccc([N+](=O)[O-])cc1Cl)NC1CC1. The van der Waals surface area contributed by atoms with Gasteiger partial charge in [-0.15, -0.1) is 0 Å². The Balaban J connectivity index is 1.87. The smallest absolute Gasteiger partial charge is 0.320 e. The molecule has 0 amide bonds. The van der Waals surface area contributed by atoms with Crippen LogP contribution in [-0.2, 0) is 4.79 Å². The van der Waals surface area contributed by atoms with Gasteiger partial charge in [0.2, 0.25) is 0 Å². The maximum atomic E-state index is 11.1. The van der Waals surface area contributed by atoms with E-state index in [1.165, 1.54) is 18.2 Å². The van der Waals surface area contributed by atoms with E-state index in [-0.39, 0.29) is 23.4 Å². The number of nitro groups is 1. The Bertz CT molecular complexity index is 547. The van der Waals surface area contributed by atoms with E-state index in [4.69, 9.17) is 21.4 Å². The van der Waals surface area contributed by atoms with Crippen molar-refractivity contribution in [2.75, 3.05) is 6.61 Å². The zero-order chi connectivity index (χ0) is 15.4. The molecule has 1 fully saturated rings. The summed E-state index contributed by atoms with van der Waals surface area (Å²) in [6.45, 7) is 0.161. The van der Waals surface area contributed by atoms with Crippen LogP contribution in [0, 0.1) is 10.1 Å². The molecule has 1 aromatic carbocycles. The van der Waals surface area contributed by atoms with E-state index < -0.39 is 16.9 Å². The first kappa shape index (κ1) is 15.5. The third-order valence-electron chi connectivity index (χ3n) is 3.10. The lowest BCUT2D eigenvalue weighted by molar-refractivity contribution is -0.384. The number of hydrogen-bond acceptors (Lipinski definition) is 5. The highest BCUT2D eigenvalue weighted by Crippen LogP contribution is 2.28. The number of nitrogens with zero attached hydrogens (tertiary/aromatic N) is 1. The van der Waals surface area contributed by atoms with Crippen molar-refractivity contribution < 1.29 is 19.6 Å². The maximum Gasteiger partial charge on any atom is 0.320 e. The van der Waals surface area contributed by atoms with Crippen molar-refractivity contribution in [2.45, 2.75) is 31.3 Å². The second-order valence-corrected chi connectivity index (χ2v) is 5.25. The van der Waals surface area contributed by atoms with Crippen LogP contribution in [0.25, 0.3) is 0 Å². The first-order valence-corrected chi connectivity index (χ1v) is 6.91. The number of ether oxygens (including phenoxy) is 1. The zero-order valence-electron chi connectivity index (χ0n) is 11.1. The predicted molar refractivity (Wildman–Crippen MR) is 75.8 cm³/mol. The van der Waals surface area contributed by atoms with E-state index in [1.807, 2.05) is 0 Å². The number of non-ortho nitro benzene ring substituents is 1. The van der Waals surface area contributed by atoms with Gasteiger partial charge in [0.15, 0.2) is 0 Å². The van der Waals surface area contributed by atoms with E-state index in [1.54, 1.807) is 0 Å². The van der Waals surface area contributed by atoms with Crippen LogP contribution in [0.1, 0.15) is 19.3 Å². The molecule has 2 rings (SSSR count). The molecule has 1 aromatic rings. The average molecular weight is 315 g/mol.